The number of carbonyl (C=O) groups excluding carboxylic acids is 3. The van der Waals surface area contributed by atoms with E-state index in [-0.39, 0.29) is 5.97 Å². The molecule has 0 spiro atoms. The molecule has 1 atom stereocenters. The van der Waals surface area contributed by atoms with Gasteiger partial charge in [-0.3, -0.25) is 9.59 Å². The molecule has 0 aliphatic heterocycles. The summed E-state index contributed by atoms with van der Waals surface area (Å²) in [7, 11) is 1.29. The Labute approximate surface area is 141 Å². The molecule has 1 amide bonds. The summed E-state index contributed by atoms with van der Waals surface area (Å²) in [5.74, 6) is -0.847. The topological polar surface area (TPSA) is 82.1 Å². The Morgan fingerprint density at radius 3 is 2.33 bits per heavy atom. The highest BCUT2D eigenvalue weighted by atomic mass is 16.8. The predicted octanol–water partition coefficient (Wildman–Crippen LogP) is 2.84. The number of rotatable bonds is 10. The fraction of sp³-hybridized carbons (Fsp3) is 0.471. The number of esters is 2. The molecule has 1 unspecified atom stereocenters. The summed E-state index contributed by atoms with van der Waals surface area (Å²) in [6, 6.07) is 6.10. The van der Waals surface area contributed by atoms with Crippen molar-refractivity contribution < 1.29 is 28.7 Å². The molecule has 0 aliphatic carbocycles. The maximum Gasteiger partial charge on any atom is 0.337 e. The van der Waals surface area contributed by atoms with E-state index in [4.69, 9.17) is 9.57 Å². The zero-order valence-electron chi connectivity index (χ0n) is 14.2. The maximum atomic E-state index is 11.6. The van der Waals surface area contributed by atoms with Crippen LogP contribution in [-0.4, -0.2) is 31.7 Å². The third-order valence-corrected chi connectivity index (χ3v) is 3.11. The van der Waals surface area contributed by atoms with Crippen molar-refractivity contribution in [3.8, 4) is 0 Å². The number of hydrogen-bond donors (Lipinski definition) is 0. The van der Waals surface area contributed by atoms with Crippen molar-refractivity contribution in [2.45, 2.75) is 45.8 Å². The van der Waals surface area contributed by atoms with Gasteiger partial charge in [-0.25, -0.2) is 9.63 Å². The van der Waals surface area contributed by atoms with Crippen molar-refractivity contribution in [1.29, 1.82) is 0 Å². The van der Waals surface area contributed by atoms with Gasteiger partial charge in [0, 0.05) is 12.8 Å². The molecule has 1 rings (SSSR count). The lowest BCUT2D eigenvalue weighted by molar-refractivity contribution is -0.184. The largest absolute Gasteiger partial charge is 0.465 e. The van der Waals surface area contributed by atoms with E-state index in [9.17, 15) is 14.4 Å². The molecular formula is C17H23NO6. The quantitative estimate of drug-likeness (QED) is 0.283. The summed E-state index contributed by atoms with van der Waals surface area (Å²) >= 11 is 0. The molecule has 0 bridgehead atoms. The highest BCUT2D eigenvalue weighted by molar-refractivity contribution is 5.90. The fourth-order valence-electron chi connectivity index (χ4n) is 1.91. The summed E-state index contributed by atoms with van der Waals surface area (Å²) in [6.45, 7) is 3.79. The van der Waals surface area contributed by atoms with E-state index in [1.165, 1.54) is 31.4 Å². The standard InChI is InChI=1S/C17H23NO6/c1-4-6-15(20)23-16(7-5-2)24-18(12-19)14-10-8-13(9-11-14)17(21)22-3/h8-12,16H,4-7H2,1-3H3. The second-order valence-corrected chi connectivity index (χ2v) is 5.03. The van der Waals surface area contributed by atoms with Gasteiger partial charge in [0.1, 0.15) is 0 Å². The minimum absolute atomic E-state index is 0.290. The Morgan fingerprint density at radius 1 is 1.17 bits per heavy atom. The first-order chi connectivity index (χ1) is 11.5. The molecular weight excluding hydrogens is 314 g/mol. The molecule has 1 aromatic carbocycles. The Hall–Kier alpha value is -2.41. The molecule has 7 heteroatoms. The van der Waals surface area contributed by atoms with Crippen LogP contribution in [0.25, 0.3) is 0 Å². The van der Waals surface area contributed by atoms with Crippen LogP contribution in [0, 0.1) is 0 Å². The van der Waals surface area contributed by atoms with Crippen LogP contribution in [0.5, 0.6) is 0 Å². The van der Waals surface area contributed by atoms with Gasteiger partial charge in [0.15, 0.2) is 0 Å². The van der Waals surface area contributed by atoms with Gasteiger partial charge < -0.3 is 9.47 Å². The van der Waals surface area contributed by atoms with Crippen molar-refractivity contribution >= 4 is 24.0 Å². The molecule has 1 aromatic rings. The number of hydroxylamine groups is 1. The van der Waals surface area contributed by atoms with Crippen molar-refractivity contribution in [3.05, 3.63) is 29.8 Å². The number of methoxy groups -OCH3 is 1. The van der Waals surface area contributed by atoms with E-state index in [1.54, 1.807) is 0 Å². The first-order valence-corrected chi connectivity index (χ1v) is 7.84. The summed E-state index contributed by atoms with van der Waals surface area (Å²) < 4.78 is 9.84. The van der Waals surface area contributed by atoms with Crippen LogP contribution < -0.4 is 5.06 Å². The Bertz CT molecular complexity index is 543. The number of benzene rings is 1. The van der Waals surface area contributed by atoms with Crippen molar-refractivity contribution in [2.75, 3.05) is 12.2 Å². The molecule has 0 heterocycles. The molecule has 0 aromatic heterocycles. The third-order valence-electron chi connectivity index (χ3n) is 3.11. The Balaban J connectivity index is 2.80. The lowest BCUT2D eigenvalue weighted by atomic mass is 10.2. The Morgan fingerprint density at radius 2 is 1.83 bits per heavy atom. The zero-order valence-corrected chi connectivity index (χ0v) is 14.2. The third kappa shape index (κ3) is 6.00. The van der Waals surface area contributed by atoms with Crippen molar-refractivity contribution in [2.24, 2.45) is 0 Å². The molecule has 0 radical (unpaired) electrons. The van der Waals surface area contributed by atoms with Gasteiger partial charge >= 0.3 is 11.9 Å². The number of carbonyl (C=O) groups is 3. The average Bonchev–Trinajstić information content (AvgIpc) is 2.59. The summed E-state index contributed by atoms with van der Waals surface area (Å²) in [5.41, 5.74) is 0.761. The smallest absolute Gasteiger partial charge is 0.337 e. The van der Waals surface area contributed by atoms with Crippen LogP contribution in [0.3, 0.4) is 0 Å². The maximum absolute atomic E-state index is 11.6. The minimum Gasteiger partial charge on any atom is -0.465 e. The van der Waals surface area contributed by atoms with E-state index in [2.05, 4.69) is 4.74 Å². The highest BCUT2D eigenvalue weighted by Crippen LogP contribution is 2.18. The van der Waals surface area contributed by atoms with Crippen LogP contribution >= 0.6 is 0 Å². The number of anilines is 1. The molecule has 0 saturated carbocycles. The number of nitrogens with zero attached hydrogens (tertiary/aromatic N) is 1. The molecule has 0 N–H and O–H groups in total. The SMILES string of the molecule is CCCC(=O)OC(CCC)ON(C=O)c1ccc(C(=O)OC)cc1. The average molecular weight is 337 g/mol. The molecule has 0 fully saturated rings. The van der Waals surface area contributed by atoms with Crippen LogP contribution in [0.15, 0.2) is 24.3 Å². The van der Waals surface area contributed by atoms with Crippen LogP contribution in [-0.2, 0) is 23.9 Å². The van der Waals surface area contributed by atoms with Gasteiger partial charge in [-0.15, -0.1) is 0 Å². The summed E-state index contributed by atoms with van der Waals surface area (Å²) in [6.07, 6.45) is 1.77. The van der Waals surface area contributed by atoms with Crippen LogP contribution in [0.2, 0.25) is 0 Å². The summed E-state index contributed by atoms with van der Waals surface area (Å²) in [5, 5.41) is 0.973. The number of hydrogen-bond acceptors (Lipinski definition) is 6. The molecule has 132 valence electrons. The van der Waals surface area contributed by atoms with Gasteiger partial charge in [0.25, 0.3) is 0 Å². The van der Waals surface area contributed by atoms with Crippen molar-refractivity contribution in [1.82, 2.24) is 0 Å². The van der Waals surface area contributed by atoms with Gasteiger partial charge in [-0.1, -0.05) is 20.3 Å². The van der Waals surface area contributed by atoms with E-state index < -0.39 is 12.3 Å². The molecule has 0 aliphatic rings. The zero-order chi connectivity index (χ0) is 17.9. The van der Waals surface area contributed by atoms with Crippen LogP contribution in [0.1, 0.15) is 49.9 Å². The lowest BCUT2D eigenvalue weighted by Gasteiger charge is -2.24. The lowest BCUT2D eigenvalue weighted by Crippen LogP contribution is -2.32. The molecule has 0 saturated heterocycles. The summed E-state index contributed by atoms with van der Waals surface area (Å²) in [4.78, 5) is 39.8. The van der Waals surface area contributed by atoms with Crippen molar-refractivity contribution in [3.63, 3.8) is 0 Å². The van der Waals surface area contributed by atoms with Crippen LogP contribution in [0.4, 0.5) is 5.69 Å². The van der Waals surface area contributed by atoms with E-state index >= 15 is 0 Å². The van der Waals surface area contributed by atoms with Gasteiger partial charge in [-0.2, -0.15) is 5.06 Å². The van der Waals surface area contributed by atoms with E-state index in [0.717, 1.165) is 11.5 Å². The fourth-order valence-corrected chi connectivity index (χ4v) is 1.91. The monoisotopic (exact) mass is 337 g/mol. The minimum atomic E-state index is -0.848. The predicted molar refractivity (Wildman–Crippen MR) is 87.1 cm³/mol. The van der Waals surface area contributed by atoms with Gasteiger partial charge in [0.05, 0.1) is 18.4 Å². The van der Waals surface area contributed by atoms with E-state index in [1.807, 2.05) is 13.8 Å². The number of ether oxygens (including phenoxy) is 2. The number of amides is 1. The molecule has 7 nitrogen and oxygen atoms in total. The Kier molecular flexibility index (Phi) is 8.49. The first-order valence-electron chi connectivity index (χ1n) is 7.84. The normalized spacial score (nSPS) is 11.5. The second kappa shape index (κ2) is 10.4. The first kappa shape index (κ1) is 19.6. The second-order valence-electron chi connectivity index (χ2n) is 5.03. The molecule has 24 heavy (non-hydrogen) atoms. The van der Waals surface area contributed by atoms with E-state index in [0.29, 0.717) is 36.9 Å². The van der Waals surface area contributed by atoms with Gasteiger partial charge in [0.2, 0.25) is 12.7 Å². The highest BCUT2D eigenvalue weighted by Gasteiger charge is 2.19. The van der Waals surface area contributed by atoms with Gasteiger partial charge in [-0.05, 0) is 30.7 Å².